The predicted octanol–water partition coefficient (Wildman–Crippen LogP) is 19.1. The minimum atomic E-state index is 0.903. The van der Waals surface area contributed by atoms with E-state index in [0.29, 0.717) is 0 Å². The molecule has 0 saturated carbocycles. The van der Waals surface area contributed by atoms with Crippen LogP contribution in [-0.4, -0.2) is 0 Å². The predicted molar refractivity (Wildman–Crippen MR) is 286 cm³/mol. The van der Waals surface area contributed by atoms with Gasteiger partial charge in [0.05, 0.1) is 0 Å². The van der Waals surface area contributed by atoms with Gasteiger partial charge in [0.1, 0.15) is 22.3 Å². The maximum Gasteiger partial charge on any atom is 0.136 e. The van der Waals surface area contributed by atoms with Crippen LogP contribution in [0.3, 0.4) is 0 Å². The van der Waals surface area contributed by atoms with Gasteiger partial charge in [0, 0.05) is 47.3 Å². The highest BCUT2D eigenvalue weighted by Crippen LogP contribution is 2.52. The third-order valence-electron chi connectivity index (χ3n) is 14.3. The molecular weight excluding hydrogens is 833 g/mol. The second kappa shape index (κ2) is 14.0. The molecule has 2 nitrogen and oxygen atoms in total. The van der Waals surface area contributed by atoms with Crippen LogP contribution in [0.5, 0.6) is 0 Å². The molecule has 0 bridgehead atoms. The van der Waals surface area contributed by atoms with Gasteiger partial charge in [-0.3, -0.25) is 0 Å². The first kappa shape index (κ1) is 36.8. The summed E-state index contributed by atoms with van der Waals surface area (Å²) in [5.74, 6) is 0. The van der Waals surface area contributed by atoms with Crippen LogP contribution in [0.2, 0.25) is 0 Å². The van der Waals surface area contributed by atoms with Gasteiger partial charge in [0.2, 0.25) is 0 Å². The zero-order chi connectivity index (χ0) is 43.7. The molecule has 3 aromatic heterocycles. The van der Waals surface area contributed by atoms with Crippen LogP contribution in [0.1, 0.15) is 0 Å². The normalized spacial score (nSPS) is 12.2. The van der Waals surface area contributed by atoms with E-state index in [1.54, 1.807) is 0 Å². The Labute approximate surface area is 388 Å². The molecule has 3 heteroatoms. The SMILES string of the molecule is c1ccc2c(c1)oc1cc(-c3c4ccccc4c(-c4cccc5c4sc4cccc(-c6c7ccccc7c(-c7ccc8c(c7)oc7ccccc78)c7ccccc67)c45)c4ccccc34)ccc12. The summed E-state index contributed by atoms with van der Waals surface area (Å²) in [6, 6.07) is 79.8. The fourth-order valence-electron chi connectivity index (χ4n) is 11.5. The third-order valence-corrected chi connectivity index (χ3v) is 15.5. The van der Waals surface area contributed by atoms with E-state index in [-0.39, 0.29) is 0 Å². The quantitative estimate of drug-likeness (QED) is 0.165. The maximum absolute atomic E-state index is 6.45. The summed E-state index contributed by atoms with van der Waals surface area (Å²) in [5, 5.41) is 17.0. The van der Waals surface area contributed by atoms with E-state index in [1.165, 1.54) is 96.6 Å². The Morgan fingerprint density at radius 1 is 0.254 bits per heavy atom. The topological polar surface area (TPSA) is 26.3 Å². The van der Waals surface area contributed by atoms with Crippen LogP contribution < -0.4 is 0 Å². The van der Waals surface area contributed by atoms with E-state index < -0.39 is 0 Å². The molecule has 0 atom stereocenters. The van der Waals surface area contributed by atoms with Crippen molar-refractivity contribution >= 4 is 118 Å². The summed E-state index contributed by atoms with van der Waals surface area (Å²) in [6.45, 7) is 0. The van der Waals surface area contributed by atoms with Crippen LogP contribution in [0.4, 0.5) is 0 Å². The first-order valence-electron chi connectivity index (χ1n) is 22.9. The standard InChI is InChI=1S/C64H36O2S/c1-5-21-47-43(17-1)59(37-31-33-41-39-15-9-11-28-54(39)65-56(41)35-37)44-18-2-6-22-48(44)61(47)51-25-14-30-58-63(51)53-27-13-26-52(64(53)67-58)62-49-23-7-3-19-45(49)60(46-20-4-8-24-50(46)62)38-32-34-42-40-16-10-12-29-55(40)66-57(42)36-38/h1-36H. The summed E-state index contributed by atoms with van der Waals surface area (Å²) in [4.78, 5) is 0. The van der Waals surface area contributed by atoms with E-state index in [1.807, 2.05) is 23.5 Å². The van der Waals surface area contributed by atoms with E-state index in [2.05, 4.69) is 206 Å². The van der Waals surface area contributed by atoms with E-state index >= 15 is 0 Å². The minimum absolute atomic E-state index is 0.903. The lowest BCUT2D eigenvalue weighted by molar-refractivity contribution is 0.668. The summed E-state index contributed by atoms with van der Waals surface area (Å²) >= 11 is 1.90. The molecule has 0 aliphatic rings. The molecule has 0 saturated heterocycles. The van der Waals surface area contributed by atoms with Gasteiger partial charge in [-0.1, -0.05) is 176 Å². The highest BCUT2D eigenvalue weighted by molar-refractivity contribution is 7.26. The summed E-state index contributed by atoms with van der Waals surface area (Å²) in [6.07, 6.45) is 0. The molecule has 0 aliphatic carbocycles. The molecule has 3 heterocycles. The molecule has 12 aromatic carbocycles. The molecule has 0 amide bonds. The van der Waals surface area contributed by atoms with Crippen LogP contribution in [0, 0.1) is 0 Å². The van der Waals surface area contributed by atoms with Crippen LogP contribution in [0.15, 0.2) is 227 Å². The Kier molecular flexibility index (Phi) is 7.69. The summed E-state index contributed by atoms with van der Waals surface area (Å²) in [5.41, 5.74) is 13.4. The number of furan rings is 2. The molecule has 15 aromatic rings. The Bertz CT molecular complexity index is 4470. The average Bonchev–Trinajstić information content (AvgIpc) is 4.08. The van der Waals surface area contributed by atoms with E-state index in [0.717, 1.165) is 55.0 Å². The minimum Gasteiger partial charge on any atom is -0.456 e. The number of hydrogen-bond acceptors (Lipinski definition) is 3. The van der Waals surface area contributed by atoms with Gasteiger partial charge in [-0.05, 0) is 124 Å². The molecule has 0 aliphatic heterocycles. The number of thiophene rings is 1. The lowest BCUT2D eigenvalue weighted by Crippen LogP contribution is -1.91. The molecule has 0 unspecified atom stereocenters. The monoisotopic (exact) mass is 868 g/mol. The van der Waals surface area contributed by atoms with Crippen molar-refractivity contribution in [3.05, 3.63) is 218 Å². The van der Waals surface area contributed by atoms with Crippen molar-refractivity contribution in [3.8, 4) is 44.5 Å². The molecular formula is C64H36O2S. The molecule has 0 fully saturated rings. The third kappa shape index (κ3) is 5.26. The van der Waals surface area contributed by atoms with Gasteiger partial charge >= 0.3 is 0 Å². The van der Waals surface area contributed by atoms with Crippen molar-refractivity contribution in [2.45, 2.75) is 0 Å². The van der Waals surface area contributed by atoms with Crippen LogP contribution >= 0.6 is 11.3 Å². The average molecular weight is 869 g/mol. The van der Waals surface area contributed by atoms with Crippen molar-refractivity contribution in [1.29, 1.82) is 0 Å². The van der Waals surface area contributed by atoms with E-state index in [9.17, 15) is 0 Å². The van der Waals surface area contributed by atoms with Gasteiger partial charge in [0.25, 0.3) is 0 Å². The number of benzene rings is 12. The van der Waals surface area contributed by atoms with Crippen molar-refractivity contribution < 1.29 is 8.83 Å². The second-order valence-corrected chi connectivity index (χ2v) is 18.8. The smallest absolute Gasteiger partial charge is 0.136 e. The van der Waals surface area contributed by atoms with Gasteiger partial charge < -0.3 is 8.83 Å². The second-order valence-electron chi connectivity index (χ2n) is 17.8. The fourth-order valence-corrected chi connectivity index (χ4v) is 12.7. The lowest BCUT2D eigenvalue weighted by Gasteiger charge is -2.19. The Hall–Kier alpha value is -8.50. The first-order chi connectivity index (χ1) is 33.2. The molecule has 0 spiro atoms. The molecule has 0 N–H and O–H groups in total. The van der Waals surface area contributed by atoms with Crippen molar-refractivity contribution in [2.75, 3.05) is 0 Å². The Morgan fingerprint density at radius 3 is 1.09 bits per heavy atom. The Morgan fingerprint density at radius 2 is 0.612 bits per heavy atom. The number of fused-ring (bicyclic) bond motifs is 13. The van der Waals surface area contributed by atoms with E-state index in [4.69, 9.17) is 8.83 Å². The zero-order valence-corrected chi connectivity index (χ0v) is 36.8. The summed E-state index contributed by atoms with van der Waals surface area (Å²) in [7, 11) is 0. The van der Waals surface area contributed by atoms with Crippen LogP contribution in [0.25, 0.3) is 152 Å². The van der Waals surface area contributed by atoms with Crippen molar-refractivity contribution in [2.24, 2.45) is 0 Å². The largest absolute Gasteiger partial charge is 0.456 e. The number of hydrogen-bond donors (Lipinski definition) is 0. The number of rotatable bonds is 4. The van der Waals surface area contributed by atoms with Gasteiger partial charge in [0.15, 0.2) is 0 Å². The first-order valence-corrected chi connectivity index (χ1v) is 23.7. The molecule has 0 radical (unpaired) electrons. The van der Waals surface area contributed by atoms with Crippen molar-refractivity contribution in [3.63, 3.8) is 0 Å². The maximum atomic E-state index is 6.45. The highest BCUT2D eigenvalue weighted by Gasteiger charge is 2.24. The van der Waals surface area contributed by atoms with Gasteiger partial charge in [-0.2, -0.15) is 0 Å². The summed E-state index contributed by atoms with van der Waals surface area (Å²) < 4.78 is 15.5. The highest BCUT2D eigenvalue weighted by atomic mass is 32.1. The molecule has 310 valence electrons. The van der Waals surface area contributed by atoms with Crippen molar-refractivity contribution in [1.82, 2.24) is 0 Å². The molecule has 67 heavy (non-hydrogen) atoms. The van der Waals surface area contributed by atoms with Gasteiger partial charge in [-0.15, -0.1) is 11.3 Å². The fraction of sp³-hybridized carbons (Fsp3) is 0. The Balaban J connectivity index is 0.969. The zero-order valence-electron chi connectivity index (χ0n) is 36.0. The molecule has 15 rings (SSSR count). The lowest BCUT2D eigenvalue weighted by atomic mass is 9.84. The number of para-hydroxylation sites is 2. The van der Waals surface area contributed by atoms with Gasteiger partial charge in [-0.25, -0.2) is 0 Å². The van der Waals surface area contributed by atoms with Crippen LogP contribution in [-0.2, 0) is 0 Å².